The molecule has 1 fully saturated rings. The Morgan fingerprint density at radius 3 is 2.80 bits per heavy atom. The first-order valence-corrected chi connectivity index (χ1v) is 8.36. The third-order valence-corrected chi connectivity index (χ3v) is 4.07. The molecular formula is C18H21FN4O2. The zero-order chi connectivity index (χ0) is 17.6. The summed E-state index contributed by atoms with van der Waals surface area (Å²) in [5.74, 6) is 0.788. The average Bonchev–Trinajstić information content (AvgIpc) is 3.12. The largest absolute Gasteiger partial charge is 0.491 e. The highest BCUT2D eigenvalue weighted by atomic mass is 19.1. The van der Waals surface area contributed by atoms with Crippen molar-refractivity contribution in [2.45, 2.75) is 31.8 Å². The summed E-state index contributed by atoms with van der Waals surface area (Å²) in [7, 11) is 0. The van der Waals surface area contributed by atoms with E-state index in [9.17, 15) is 9.18 Å². The van der Waals surface area contributed by atoms with Crippen LogP contribution in [0.2, 0.25) is 0 Å². The molecule has 1 aliphatic rings. The van der Waals surface area contributed by atoms with E-state index < -0.39 is 0 Å². The van der Waals surface area contributed by atoms with E-state index in [2.05, 4.69) is 15.3 Å². The van der Waals surface area contributed by atoms with Crippen LogP contribution in [0.5, 0.6) is 5.75 Å². The van der Waals surface area contributed by atoms with Crippen LogP contribution in [0.15, 0.2) is 42.7 Å². The van der Waals surface area contributed by atoms with Crippen LogP contribution in [0.25, 0.3) is 0 Å². The van der Waals surface area contributed by atoms with Crippen LogP contribution < -0.4 is 15.0 Å². The van der Waals surface area contributed by atoms with Crippen LogP contribution in [-0.4, -0.2) is 41.1 Å². The van der Waals surface area contributed by atoms with Crippen molar-refractivity contribution in [1.82, 2.24) is 15.3 Å². The monoisotopic (exact) mass is 344 g/mol. The molecule has 25 heavy (non-hydrogen) atoms. The Balaban J connectivity index is 1.53. The quantitative estimate of drug-likeness (QED) is 0.870. The van der Waals surface area contributed by atoms with E-state index in [-0.39, 0.29) is 23.8 Å². The smallest absolute Gasteiger partial charge is 0.243 e. The highest BCUT2D eigenvalue weighted by molar-refractivity contribution is 5.85. The first-order chi connectivity index (χ1) is 12.1. The Kier molecular flexibility index (Phi) is 5.42. The maximum Gasteiger partial charge on any atom is 0.243 e. The predicted octanol–water partition coefficient (Wildman–Crippen LogP) is 2.17. The minimum absolute atomic E-state index is 0.0554. The average molecular weight is 344 g/mol. The summed E-state index contributed by atoms with van der Waals surface area (Å²) >= 11 is 0. The molecular weight excluding hydrogens is 323 g/mol. The van der Waals surface area contributed by atoms with E-state index in [1.807, 2.05) is 11.8 Å². The van der Waals surface area contributed by atoms with E-state index in [1.54, 1.807) is 30.6 Å². The number of rotatable bonds is 6. The van der Waals surface area contributed by atoms with E-state index >= 15 is 0 Å². The molecule has 1 amide bonds. The predicted molar refractivity (Wildman–Crippen MR) is 91.9 cm³/mol. The summed E-state index contributed by atoms with van der Waals surface area (Å²) in [5.41, 5.74) is 0. The van der Waals surface area contributed by atoms with Crippen LogP contribution in [0, 0.1) is 5.82 Å². The van der Waals surface area contributed by atoms with Crippen molar-refractivity contribution in [3.05, 3.63) is 48.5 Å². The van der Waals surface area contributed by atoms with Gasteiger partial charge in [0.25, 0.3) is 0 Å². The van der Waals surface area contributed by atoms with Crippen LogP contribution in [0.1, 0.15) is 19.8 Å². The SMILES string of the molecule is CC(COc1ccc(F)cc1)NC(=O)C1CCCN1c1ncccn1. The van der Waals surface area contributed by atoms with Gasteiger partial charge in [-0.25, -0.2) is 14.4 Å². The molecule has 2 unspecified atom stereocenters. The first-order valence-electron chi connectivity index (χ1n) is 8.36. The molecule has 1 N–H and O–H groups in total. The maximum absolute atomic E-state index is 12.9. The lowest BCUT2D eigenvalue weighted by atomic mass is 10.2. The molecule has 7 heteroatoms. The standard InChI is InChI=1S/C18H21FN4O2/c1-13(12-25-15-7-5-14(19)6-8-15)22-17(24)16-4-2-11-23(16)18-20-9-3-10-21-18/h3,5-10,13,16H,2,4,11-12H2,1H3,(H,22,24). The first kappa shape index (κ1) is 17.1. The van der Waals surface area contributed by atoms with Crippen LogP contribution in [0.4, 0.5) is 10.3 Å². The van der Waals surface area contributed by atoms with Gasteiger partial charge in [0, 0.05) is 18.9 Å². The normalized spacial score (nSPS) is 18.0. The number of halogens is 1. The lowest BCUT2D eigenvalue weighted by Crippen LogP contribution is -2.48. The maximum atomic E-state index is 12.9. The number of amides is 1. The van der Waals surface area contributed by atoms with Crippen molar-refractivity contribution >= 4 is 11.9 Å². The third kappa shape index (κ3) is 4.43. The molecule has 0 radical (unpaired) electrons. The van der Waals surface area contributed by atoms with Crippen LogP contribution in [0.3, 0.4) is 0 Å². The second-order valence-corrected chi connectivity index (χ2v) is 6.07. The minimum atomic E-state index is -0.307. The molecule has 0 aliphatic carbocycles. The molecule has 0 spiro atoms. The fourth-order valence-corrected chi connectivity index (χ4v) is 2.85. The number of nitrogens with zero attached hydrogens (tertiary/aromatic N) is 3. The molecule has 6 nitrogen and oxygen atoms in total. The summed E-state index contributed by atoms with van der Waals surface area (Å²) in [6.07, 6.45) is 5.05. The number of aromatic nitrogens is 2. The van der Waals surface area contributed by atoms with E-state index in [4.69, 9.17) is 4.74 Å². The van der Waals surface area contributed by atoms with Crippen LogP contribution in [-0.2, 0) is 4.79 Å². The molecule has 3 rings (SSSR count). The van der Waals surface area contributed by atoms with Gasteiger partial charge in [-0.05, 0) is 50.1 Å². The lowest BCUT2D eigenvalue weighted by Gasteiger charge is -2.25. The highest BCUT2D eigenvalue weighted by Gasteiger charge is 2.32. The van der Waals surface area contributed by atoms with Crippen molar-refractivity contribution in [1.29, 1.82) is 0 Å². The van der Waals surface area contributed by atoms with Gasteiger partial charge in [0.1, 0.15) is 24.2 Å². The summed E-state index contributed by atoms with van der Waals surface area (Å²) < 4.78 is 18.5. The van der Waals surface area contributed by atoms with Gasteiger partial charge < -0.3 is 15.0 Å². The Bertz CT molecular complexity index is 696. The number of carbonyl (C=O) groups is 1. The zero-order valence-electron chi connectivity index (χ0n) is 14.1. The van der Waals surface area contributed by atoms with Crippen molar-refractivity contribution in [2.24, 2.45) is 0 Å². The van der Waals surface area contributed by atoms with Crippen molar-refractivity contribution in [3.63, 3.8) is 0 Å². The van der Waals surface area contributed by atoms with Gasteiger partial charge in [0.15, 0.2) is 0 Å². The molecule has 1 aliphatic heterocycles. The molecule has 1 saturated heterocycles. The molecule has 0 bridgehead atoms. The summed E-state index contributed by atoms with van der Waals surface area (Å²) in [6.45, 7) is 2.95. The Morgan fingerprint density at radius 2 is 2.08 bits per heavy atom. The molecule has 1 aromatic heterocycles. The number of anilines is 1. The van der Waals surface area contributed by atoms with Crippen molar-refractivity contribution in [3.8, 4) is 5.75 Å². The topological polar surface area (TPSA) is 67.3 Å². The van der Waals surface area contributed by atoms with Crippen LogP contribution >= 0.6 is 0 Å². The summed E-state index contributed by atoms with van der Waals surface area (Å²) in [5, 5.41) is 2.97. The number of hydrogen-bond acceptors (Lipinski definition) is 5. The lowest BCUT2D eigenvalue weighted by molar-refractivity contribution is -0.123. The molecule has 132 valence electrons. The minimum Gasteiger partial charge on any atom is -0.491 e. The van der Waals surface area contributed by atoms with Crippen molar-refractivity contribution < 1.29 is 13.9 Å². The van der Waals surface area contributed by atoms with Gasteiger partial charge >= 0.3 is 0 Å². The Labute approximate surface area is 146 Å². The Morgan fingerprint density at radius 1 is 1.36 bits per heavy atom. The van der Waals surface area contributed by atoms with Gasteiger partial charge in [-0.15, -0.1) is 0 Å². The molecule has 2 aromatic rings. The number of hydrogen-bond donors (Lipinski definition) is 1. The number of nitrogens with one attached hydrogen (secondary N) is 1. The fourth-order valence-electron chi connectivity index (χ4n) is 2.85. The second-order valence-electron chi connectivity index (χ2n) is 6.07. The summed E-state index contributed by atoms with van der Waals surface area (Å²) in [4.78, 5) is 23.0. The second kappa shape index (κ2) is 7.92. The molecule has 0 saturated carbocycles. The van der Waals surface area contributed by atoms with Gasteiger partial charge in [0.05, 0.1) is 6.04 Å². The van der Waals surface area contributed by atoms with Gasteiger partial charge in [-0.2, -0.15) is 0 Å². The van der Waals surface area contributed by atoms with E-state index in [0.29, 0.717) is 18.3 Å². The van der Waals surface area contributed by atoms with Gasteiger partial charge in [-0.3, -0.25) is 4.79 Å². The highest BCUT2D eigenvalue weighted by Crippen LogP contribution is 2.22. The Hall–Kier alpha value is -2.70. The van der Waals surface area contributed by atoms with Gasteiger partial charge in [-0.1, -0.05) is 0 Å². The molecule has 2 atom stereocenters. The van der Waals surface area contributed by atoms with E-state index in [1.165, 1.54) is 12.1 Å². The number of carbonyl (C=O) groups excluding carboxylic acids is 1. The third-order valence-electron chi connectivity index (χ3n) is 4.07. The number of benzene rings is 1. The van der Waals surface area contributed by atoms with Gasteiger partial charge in [0.2, 0.25) is 11.9 Å². The number of ether oxygens (including phenoxy) is 1. The molecule has 2 heterocycles. The fraction of sp³-hybridized carbons (Fsp3) is 0.389. The zero-order valence-corrected chi connectivity index (χ0v) is 14.1. The van der Waals surface area contributed by atoms with Crippen molar-refractivity contribution in [2.75, 3.05) is 18.1 Å². The summed E-state index contributed by atoms with van der Waals surface area (Å²) in [6, 6.07) is 7.13. The molecule has 1 aromatic carbocycles. The van der Waals surface area contributed by atoms with E-state index in [0.717, 1.165) is 19.4 Å².